The molecule has 6 nitrogen and oxygen atoms in total. The zero-order valence-electron chi connectivity index (χ0n) is 14.1. The van der Waals surface area contributed by atoms with E-state index in [0.717, 1.165) is 11.1 Å². The molecule has 1 aromatic carbocycles. The van der Waals surface area contributed by atoms with Crippen molar-refractivity contribution in [2.75, 3.05) is 13.7 Å². The Labute approximate surface area is 146 Å². The van der Waals surface area contributed by atoms with Gasteiger partial charge in [0.1, 0.15) is 6.61 Å². The van der Waals surface area contributed by atoms with Crippen LogP contribution < -0.4 is 9.47 Å². The Hall–Kier alpha value is -2.60. The highest BCUT2D eigenvalue weighted by Crippen LogP contribution is 2.32. The van der Waals surface area contributed by atoms with Crippen LogP contribution in [0.25, 0.3) is 0 Å². The molecule has 1 fully saturated rings. The molecule has 1 aliphatic rings. The number of aromatic nitrogens is 1. The second-order valence-corrected chi connectivity index (χ2v) is 6.00. The molecule has 2 atom stereocenters. The van der Waals surface area contributed by atoms with Crippen molar-refractivity contribution in [1.29, 1.82) is 0 Å². The molecule has 2 aromatic rings. The van der Waals surface area contributed by atoms with Crippen molar-refractivity contribution >= 4 is 5.97 Å². The van der Waals surface area contributed by atoms with E-state index < -0.39 is 0 Å². The Morgan fingerprint density at radius 1 is 1.28 bits per heavy atom. The van der Waals surface area contributed by atoms with E-state index in [1.807, 2.05) is 30.3 Å². The first-order chi connectivity index (χ1) is 12.2. The molecule has 0 radical (unpaired) electrons. The monoisotopic (exact) mass is 343 g/mol. The summed E-state index contributed by atoms with van der Waals surface area (Å²) in [7, 11) is 1.39. The van der Waals surface area contributed by atoms with Gasteiger partial charge in [0, 0.05) is 12.2 Å². The summed E-state index contributed by atoms with van der Waals surface area (Å²) in [5.74, 6) is -0.197. The highest BCUT2D eigenvalue weighted by Gasteiger charge is 2.30. The molecule has 1 aromatic heterocycles. The van der Waals surface area contributed by atoms with E-state index in [0.29, 0.717) is 30.8 Å². The summed E-state index contributed by atoms with van der Waals surface area (Å²) in [6.07, 6.45) is 2.31. The number of carbonyl (C=O) groups is 1. The van der Waals surface area contributed by atoms with Crippen LogP contribution in [-0.2, 0) is 20.9 Å². The highest BCUT2D eigenvalue weighted by atomic mass is 16.5. The minimum Gasteiger partial charge on any atom is -0.616 e. The van der Waals surface area contributed by atoms with E-state index >= 15 is 0 Å². The van der Waals surface area contributed by atoms with E-state index in [4.69, 9.17) is 14.2 Å². The Morgan fingerprint density at radius 2 is 2.08 bits per heavy atom. The number of nitrogens with zero attached hydrogens (tertiary/aromatic N) is 1. The van der Waals surface area contributed by atoms with Crippen LogP contribution >= 0.6 is 0 Å². The fraction of sp³-hybridized carbons (Fsp3) is 0.368. The van der Waals surface area contributed by atoms with Crippen molar-refractivity contribution in [1.82, 2.24) is 0 Å². The summed E-state index contributed by atoms with van der Waals surface area (Å²) in [5.41, 5.74) is 1.72. The zero-order valence-corrected chi connectivity index (χ0v) is 14.1. The summed E-state index contributed by atoms with van der Waals surface area (Å²) >= 11 is 0. The molecule has 0 amide bonds. The molecule has 3 rings (SSSR count). The topological polar surface area (TPSA) is 71.7 Å². The second-order valence-electron chi connectivity index (χ2n) is 6.00. The lowest BCUT2D eigenvalue weighted by Crippen LogP contribution is -2.31. The van der Waals surface area contributed by atoms with Gasteiger partial charge in [-0.05, 0) is 24.5 Å². The highest BCUT2D eigenvalue weighted by molar-refractivity contribution is 5.72. The third-order valence-electron chi connectivity index (χ3n) is 4.32. The number of ether oxygens (including phenoxy) is 3. The van der Waals surface area contributed by atoms with Crippen LogP contribution in [-0.4, -0.2) is 19.7 Å². The predicted octanol–water partition coefficient (Wildman–Crippen LogP) is 2.54. The normalized spacial score (nSPS) is 20.0. The van der Waals surface area contributed by atoms with Gasteiger partial charge in [-0.15, -0.1) is 4.73 Å². The molecule has 0 unspecified atom stereocenters. The van der Waals surface area contributed by atoms with Crippen molar-refractivity contribution in [3.05, 3.63) is 65.0 Å². The maximum atomic E-state index is 12.2. The number of pyridine rings is 1. The molecule has 1 saturated heterocycles. The van der Waals surface area contributed by atoms with Crippen LogP contribution in [0.15, 0.2) is 48.7 Å². The van der Waals surface area contributed by atoms with E-state index in [-0.39, 0.29) is 23.9 Å². The molecule has 0 spiro atoms. The summed E-state index contributed by atoms with van der Waals surface area (Å²) in [6, 6.07) is 13.1. The minimum absolute atomic E-state index is 0.196. The van der Waals surface area contributed by atoms with Gasteiger partial charge in [-0.1, -0.05) is 30.3 Å². The molecule has 0 saturated carbocycles. The molecule has 132 valence electrons. The number of hydrogen-bond acceptors (Lipinski definition) is 5. The van der Waals surface area contributed by atoms with Crippen LogP contribution in [0.5, 0.6) is 5.88 Å². The Kier molecular flexibility index (Phi) is 5.50. The average Bonchev–Trinajstić information content (AvgIpc) is 2.67. The van der Waals surface area contributed by atoms with E-state index in [2.05, 4.69) is 0 Å². The van der Waals surface area contributed by atoms with Gasteiger partial charge in [-0.25, -0.2) is 0 Å². The maximum Gasteiger partial charge on any atom is 0.379 e. The van der Waals surface area contributed by atoms with E-state index in [1.165, 1.54) is 13.3 Å². The molecule has 0 bridgehead atoms. The van der Waals surface area contributed by atoms with Gasteiger partial charge in [-0.3, -0.25) is 4.79 Å². The first-order valence-electron chi connectivity index (χ1n) is 8.26. The fourth-order valence-electron chi connectivity index (χ4n) is 2.93. The standard InChI is InChI=1S/C19H21NO5/c1-23-19(21)15-9-10-24-17(11-15)16-7-8-18(20(22)12-16)25-13-14-5-3-2-4-6-14/h2-8,12,15,17H,9-11,13H2,1H3/t15-,17+/m0/s1. The van der Waals surface area contributed by atoms with Crippen molar-refractivity contribution < 1.29 is 23.7 Å². The molecule has 6 heteroatoms. The van der Waals surface area contributed by atoms with Gasteiger partial charge >= 0.3 is 11.8 Å². The molecule has 0 aliphatic carbocycles. The first kappa shape index (κ1) is 17.2. The third kappa shape index (κ3) is 4.28. The summed E-state index contributed by atoms with van der Waals surface area (Å²) in [5, 5.41) is 12.2. The van der Waals surface area contributed by atoms with Gasteiger partial charge in [0.05, 0.1) is 25.2 Å². The van der Waals surface area contributed by atoms with Gasteiger partial charge in [0.25, 0.3) is 0 Å². The van der Waals surface area contributed by atoms with Crippen LogP contribution in [0.4, 0.5) is 0 Å². The smallest absolute Gasteiger partial charge is 0.379 e. The lowest BCUT2D eigenvalue weighted by molar-refractivity contribution is -0.614. The quantitative estimate of drug-likeness (QED) is 0.474. The maximum absolute atomic E-state index is 12.2. The van der Waals surface area contributed by atoms with Crippen LogP contribution in [0.2, 0.25) is 0 Å². The molecule has 0 N–H and O–H groups in total. The van der Waals surface area contributed by atoms with Gasteiger partial charge in [0.2, 0.25) is 0 Å². The Bertz CT molecular complexity index is 719. The number of benzene rings is 1. The number of hydrogen-bond donors (Lipinski definition) is 0. The predicted molar refractivity (Wildman–Crippen MR) is 89.6 cm³/mol. The van der Waals surface area contributed by atoms with Gasteiger partial charge in [-0.2, -0.15) is 0 Å². The number of carbonyl (C=O) groups excluding carboxylic acids is 1. The van der Waals surface area contributed by atoms with Crippen LogP contribution in [0.3, 0.4) is 0 Å². The van der Waals surface area contributed by atoms with Crippen molar-refractivity contribution in [2.45, 2.75) is 25.6 Å². The lowest BCUT2D eigenvalue weighted by atomic mass is 9.92. The van der Waals surface area contributed by atoms with Crippen molar-refractivity contribution in [2.24, 2.45) is 5.92 Å². The molecule has 2 heterocycles. The third-order valence-corrected chi connectivity index (χ3v) is 4.32. The number of methoxy groups -OCH3 is 1. The van der Waals surface area contributed by atoms with Gasteiger partial charge < -0.3 is 19.4 Å². The second kappa shape index (κ2) is 7.98. The van der Waals surface area contributed by atoms with Crippen LogP contribution in [0, 0.1) is 11.1 Å². The van der Waals surface area contributed by atoms with Crippen molar-refractivity contribution in [3.8, 4) is 5.88 Å². The van der Waals surface area contributed by atoms with Crippen LogP contribution in [0.1, 0.15) is 30.1 Å². The Morgan fingerprint density at radius 3 is 2.80 bits per heavy atom. The van der Waals surface area contributed by atoms with E-state index in [1.54, 1.807) is 12.1 Å². The summed E-state index contributed by atoms with van der Waals surface area (Å²) in [6.45, 7) is 0.794. The van der Waals surface area contributed by atoms with Gasteiger partial charge in [0.15, 0.2) is 6.20 Å². The lowest BCUT2D eigenvalue weighted by Gasteiger charge is -2.27. The van der Waals surface area contributed by atoms with Crippen molar-refractivity contribution in [3.63, 3.8) is 0 Å². The molecule has 25 heavy (non-hydrogen) atoms. The summed E-state index contributed by atoms with van der Waals surface area (Å²) < 4.78 is 16.8. The summed E-state index contributed by atoms with van der Waals surface area (Å²) in [4.78, 5) is 11.7. The molecular formula is C19H21NO5. The largest absolute Gasteiger partial charge is 0.616 e. The zero-order chi connectivity index (χ0) is 17.6. The first-order valence-corrected chi connectivity index (χ1v) is 8.26. The number of rotatable bonds is 5. The fourth-order valence-corrected chi connectivity index (χ4v) is 2.93. The molecular weight excluding hydrogens is 322 g/mol. The minimum atomic E-state index is -0.291. The average molecular weight is 343 g/mol. The SMILES string of the molecule is COC(=O)[C@H]1CCO[C@@H](c2ccc(OCc3ccccc3)[n+]([O-])c2)C1. The Balaban J connectivity index is 1.66. The number of esters is 1. The van der Waals surface area contributed by atoms with E-state index in [9.17, 15) is 10.0 Å². The molecule has 1 aliphatic heterocycles.